The molecule has 1 aromatic rings. The molecule has 2 aliphatic rings. The number of aromatic nitrogens is 3. The van der Waals surface area contributed by atoms with E-state index >= 15 is 0 Å². The van der Waals surface area contributed by atoms with Crippen LogP contribution in [0.2, 0.25) is 0 Å². The average molecular weight is 324 g/mol. The number of thioether (sulfide) groups is 1. The number of nitrogens with one attached hydrogen (secondary N) is 1. The second kappa shape index (κ2) is 6.15. The number of imide groups is 1. The second-order valence-corrected chi connectivity index (χ2v) is 7.00. The van der Waals surface area contributed by atoms with E-state index < -0.39 is 17.2 Å². The third kappa shape index (κ3) is 3.18. The van der Waals surface area contributed by atoms with Crippen LogP contribution in [0.3, 0.4) is 0 Å². The van der Waals surface area contributed by atoms with E-state index in [1.807, 2.05) is 0 Å². The van der Waals surface area contributed by atoms with E-state index in [-0.39, 0.29) is 0 Å². The van der Waals surface area contributed by atoms with Gasteiger partial charge >= 0.3 is 6.03 Å². The molecule has 1 aliphatic carbocycles. The number of carbonyl (C=O) groups is 2. The van der Waals surface area contributed by atoms with Gasteiger partial charge in [-0.3, -0.25) is 14.7 Å². The van der Waals surface area contributed by atoms with Gasteiger partial charge in [-0.1, -0.05) is 11.8 Å². The van der Waals surface area contributed by atoms with Crippen molar-refractivity contribution in [3.63, 3.8) is 0 Å². The van der Waals surface area contributed by atoms with Gasteiger partial charge in [0.15, 0.2) is 5.16 Å². The van der Waals surface area contributed by atoms with Gasteiger partial charge in [0.25, 0.3) is 0 Å². The molecule has 0 aromatic carbocycles. The third-order valence-corrected chi connectivity index (χ3v) is 4.90. The molecule has 1 saturated carbocycles. The Kier molecular flexibility index (Phi) is 4.23. The summed E-state index contributed by atoms with van der Waals surface area (Å²) in [5, 5.41) is 11.0. The van der Waals surface area contributed by atoms with Gasteiger partial charge in [0, 0.05) is 19.1 Å². The minimum Gasteiger partial charge on any atom is -0.351 e. The van der Waals surface area contributed by atoms with Gasteiger partial charge in [-0.05, 0) is 32.6 Å². The second-order valence-electron chi connectivity index (χ2n) is 5.69. The van der Waals surface area contributed by atoms with Gasteiger partial charge in [0.05, 0.1) is 5.25 Å². The van der Waals surface area contributed by atoms with Crippen molar-refractivity contribution in [3.8, 4) is 0 Å². The minimum atomic E-state index is -0.834. The van der Waals surface area contributed by atoms with Crippen molar-refractivity contribution < 1.29 is 9.59 Å². The molecule has 3 amide bonds. The number of nitrogens with zero attached hydrogens (tertiary/aromatic N) is 4. The Morgan fingerprint density at radius 1 is 1.32 bits per heavy atom. The fourth-order valence-electron chi connectivity index (χ4n) is 2.57. The quantitative estimate of drug-likeness (QED) is 0.779. The molecule has 3 rings (SSSR count). The van der Waals surface area contributed by atoms with E-state index in [1.165, 1.54) is 24.6 Å². The van der Waals surface area contributed by atoms with E-state index in [0.29, 0.717) is 6.04 Å². The lowest BCUT2D eigenvalue weighted by molar-refractivity contribution is -0.119. The number of hydrogen-bond donors (Lipinski definition) is 2. The number of anilines is 1. The van der Waals surface area contributed by atoms with Crippen LogP contribution in [0.1, 0.15) is 38.6 Å². The highest BCUT2D eigenvalue weighted by Gasteiger charge is 2.33. The van der Waals surface area contributed by atoms with E-state index in [1.54, 1.807) is 6.92 Å². The predicted molar refractivity (Wildman–Crippen MR) is 82.8 cm³/mol. The maximum absolute atomic E-state index is 11.8. The molecule has 1 aliphatic heterocycles. The zero-order chi connectivity index (χ0) is 15.7. The molecule has 0 spiro atoms. The number of carbonyl (C=O) groups excluding carboxylic acids is 2. The Morgan fingerprint density at radius 3 is 2.59 bits per heavy atom. The van der Waals surface area contributed by atoms with Crippen LogP contribution in [0.5, 0.6) is 0 Å². The summed E-state index contributed by atoms with van der Waals surface area (Å²) in [6.07, 6.45) is 4.59. The van der Waals surface area contributed by atoms with Crippen LogP contribution < -0.4 is 16.0 Å². The normalized spacial score (nSPS) is 19.2. The molecule has 1 saturated heterocycles. The van der Waals surface area contributed by atoms with Gasteiger partial charge in [-0.2, -0.15) is 0 Å². The third-order valence-electron chi connectivity index (χ3n) is 3.85. The topological polar surface area (TPSA) is 106 Å². The molecule has 2 fully saturated rings. The van der Waals surface area contributed by atoms with Gasteiger partial charge in [0.2, 0.25) is 11.9 Å². The maximum Gasteiger partial charge on any atom is 0.318 e. The number of nitrogens with two attached hydrogens (primary N) is 1. The van der Waals surface area contributed by atoms with Crippen molar-refractivity contribution in [1.29, 1.82) is 0 Å². The van der Waals surface area contributed by atoms with E-state index in [2.05, 4.69) is 25.0 Å². The molecule has 9 heteroatoms. The molecule has 1 aromatic heterocycles. The Balaban J connectivity index is 1.76. The van der Waals surface area contributed by atoms with Crippen molar-refractivity contribution in [2.75, 3.05) is 18.0 Å². The molecule has 1 atom stereocenters. The van der Waals surface area contributed by atoms with Crippen LogP contribution >= 0.6 is 11.8 Å². The Hall–Kier alpha value is -1.77. The van der Waals surface area contributed by atoms with Crippen LogP contribution in [0.25, 0.3) is 0 Å². The first-order chi connectivity index (χ1) is 10.6. The van der Waals surface area contributed by atoms with Crippen LogP contribution in [-0.2, 0) is 4.79 Å². The first-order valence-corrected chi connectivity index (χ1v) is 8.41. The zero-order valence-electron chi connectivity index (χ0n) is 12.5. The van der Waals surface area contributed by atoms with Crippen molar-refractivity contribution >= 4 is 29.6 Å². The van der Waals surface area contributed by atoms with Crippen molar-refractivity contribution in [2.24, 2.45) is 5.73 Å². The fourth-order valence-corrected chi connectivity index (χ4v) is 3.48. The van der Waals surface area contributed by atoms with Crippen LogP contribution in [0.15, 0.2) is 5.16 Å². The predicted octanol–water partition coefficient (Wildman–Crippen LogP) is 0.889. The number of rotatable bonds is 5. The van der Waals surface area contributed by atoms with Gasteiger partial charge in [0.1, 0.15) is 0 Å². The lowest BCUT2D eigenvalue weighted by Gasteiger charge is -2.18. The summed E-state index contributed by atoms with van der Waals surface area (Å²) in [6, 6.07) is -0.404. The Labute approximate surface area is 132 Å². The molecule has 22 heavy (non-hydrogen) atoms. The largest absolute Gasteiger partial charge is 0.351 e. The zero-order valence-corrected chi connectivity index (χ0v) is 13.3. The maximum atomic E-state index is 11.8. The van der Waals surface area contributed by atoms with E-state index in [4.69, 9.17) is 5.73 Å². The number of urea groups is 1. The number of hydrogen-bond acceptors (Lipinski definition) is 6. The molecule has 0 radical (unpaired) electrons. The average Bonchev–Trinajstić information content (AvgIpc) is 3.00. The minimum absolute atomic E-state index is 0.412. The summed E-state index contributed by atoms with van der Waals surface area (Å²) in [5.41, 5.74) is 4.98. The number of amides is 3. The first-order valence-electron chi connectivity index (χ1n) is 7.53. The Bertz CT molecular complexity index is 579. The summed E-state index contributed by atoms with van der Waals surface area (Å²) in [6.45, 7) is 3.74. The fraction of sp³-hybridized carbons (Fsp3) is 0.692. The molecule has 120 valence electrons. The summed E-state index contributed by atoms with van der Waals surface area (Å²) in [4.78, 5) is 24.8. The summed E-state index contributed by atoms with van der Waals surface area (Å²) in [5.74, 6) is 0.496. The van der Waals surface area contributed by atoms with E-state index in [0.717, 1.165) is 37.0 Å². The monoisotopic (exact) mass is 324 g/mol. The lowest BCUT2D eigenvalue weighted by atomic mass is 10.4. The Morgan fingerprint density at radius 2 is 2.00 bits per heavy atom. The summed E-state index contributed by atoms with van der Waals surface area (Å²) < 4.78 is 2.14. The van der Waals surface area contributed by atoms with Crippen LogP contribution in [0.4, 0.5) is 10.7 Å². The molecule has 3 N–H and O–H groups in total. The molecular formula is C13H20N6O2S. The highest BCUT2D eigenvalue weighted by atomic mass is 32.2. The van der Waals surface area contributed by atoms with Crippen LogP contribution in [0, 0.1) is 0 Å². The van der Waals surface area contributed by atoms with Crippen molar-refractivity contribution in [3.05, 3.63) is 0 Å². The van der Waals surface area contributed by atoms with Gasteiger partial charge < -0.3 is 10.6 Å². The summed E-state index contributed by atoms with van der Waals surface area (Å²) >= 11 is 1.31. The molecule has 2 heterocycles. The molecule has 8 nitrogen and oxygen atoms in total. The SMILES string of the molecule is CC(Sc1nnc(N2CCCC2)n1C1CC1)C(=O)NC(N)=O. The van der Waals surface area contributed by atoms with Gasteiger partial charge in [-0.25, -0.2) is 4.79 Å². The standard InChI is InChI=1S/C13H20N6O2S/c1-8(10(20)15-11(14)21)22-13-17-16-12(18-6-2-3-7-18)19(13)9-4-5-9/h8-9H,2-7H2,1H3,(H3,14,15,20,21). The summed E-state index contributed by atoms with van der Waals surface area (Å²) in [7, 11) is 0. The van der Waals surface area contributed by atoms with Crippen LogP contribution in [-0.4, -0.2) is 45.0 Å². The highest BCUT2D eigenvalue weighted by Crippen LogP contribution is 2.42. The molecule has 0 bridgehead atoms. The lowest BCUT2D eigenvalue weighted by Crippen LogP contribution is -2.39. The van der Waals surface area contributed by atoms with Crippen molar-refractivity contribution in [2.45, 2.75) is 49.1 Å². The van der Waals surface area contributed by atoms with Crippen molar-refractivity contribution in [1.82, 2.24) is 20.1 Å². The number of primary amides is 1. The first kappa shape index (κ1) is 15.1. The van der Waals surface area contributed by atoms with Gasteiger partial charge in [-0.15, -0.1) is 10.2 Å². The molecular weight excluding hydrogens is 304 g/mol. The van der Waals surface area contributed by atoms with E-state index in [9.17, 15) is 9.59 Å². The molecule has 1 unspecified atom stereocenters. The smallest absolute Gasteiger partial charge is 0.318 e. The highest BCUT2D eigenvalue weighted by molar-refractivity contribution is 8.00.